The highest BCUT2D eigenvalue weighted by molar-refractivity contribution is 7.92. The lowest BCUT2D eigenvalue weighted by Gasteiger charge is -2.37. The fourth-order valence-corrected chi connectivity index (χ4v) is 5.07. The van der Waals surface area contributed by atoms with Crippen molar-refractivity contribution in [1.29, 1.82) is 0 Å². The minimum absolute atomic E-state index is 0.154. The second kappa shape index (κ2) is 10.5. The molecule has 0 heterocycles. The Labute approximate surface area is 212 Å². The van der Waals surface area contributed by atoms with Gasteiger partial charge in [0.05, 0.1) is 16.3 Å². The number of rotatable bonds is 7. The molecule has 0 bridgehead atoms. The van der Waals surface area contributed by atoms with Crippen molar-refractivity contribution in [3.05, 3.63) is 90.2 Å². The van der Waals surface area contributed by atoms with Crippen LogP contribution in [0.15, 0.2) is 83.8 Å². The largest absolute Gasteiger partial charge is 0.442 e. The lowest BCUT2D eigenvalue weighted by atomic mass is 9.91. The molecule has 0 aliphatic heterocycles. The lowest BCUT2D eigenvalue weighted by Crippen LogP contribution is -2.57. The van der Waals surface area contributed by atoms with Gasteiger partial charge in [0.1, 0.15) is 5.82 Å². The molecule has 0 atom stereocenters. The number of alkyl halides is 6. The zero-order chi connectivity index (χ0) is 28.4. The summed E-state index contributed by atoms with van der Waals surface area (Å²) in [6.45, 7) is 1.21. The summed E-state index contributed by atoms with van der Waals surface area (Å²) in [6, 6.07) is 13.2. The van der Waals surface area contributed by atoms with Crippen LogP contribution in [-0.4, -0.2) is 33.4 Å². The van der Waals surface area contributed by atoms with Gasteiger partial charge in [0.15, 0.2) is 0 Å². The Bertz CT molecular complexity index is 1360. The second-order valence-corrected chi connectivity index (χ2v) is 9.56. The number of nitrogens with zero attached hydrogens (tertiary/aromatic N) is 1. The number of carbonyl (C=O) groups excluding carboxylic acids is 1. The van der Waals surface area contributed by atoms with Gasteiger partial charge in [-0.25, -0.2) is 17.6 Å². The molecular weight excluding hydrogens is 545 g/mol. The van der Waals surface area contributed by atoms with Crippen LogP contribution in [0.5, 0.6) is 0 Å². The van der Waals surface area contributed by atoms with Crippen molar-refractivity contribution < 1.29 is 48.7 Å². The van der Waals surface area contributed by atoms with Gasteiger partial charge < -0.3 is 4.74 Å². The van der Waals surface area contributed by atoms with Crippen LogP contribution in [0, 0.1) is 5.82 Å². The van der Waals surface area contributed by atoms with Gasteiger partial charge in [-0.05, 0) is 43.3 Å². The molecule has 3 aromatic rings. The van der Waals surface area contributed by atoms with Gasteiger partial charge in [0, 0.05) is 12.1 Å². The minimum Gasteiger partial charge on any atom is -0.418 e. The van der Waals surface area contributed by atoms with E-state index < -0.39 is 51.1 Å². The van der Waals surface area contributed by atoms with Crippen molar-refractivity contribution >= 4 is 27.5 Å². The van der Waals surface area contributed by atoms with E-state index in [4.69, 9.17) is 0 Å². The smallest absolute Gasteiger partial charge is 0.418 e. The fraction of sp³-hybridized carbons (Fsp3) is 0.208. The van der Waals surface area contributed by atoms with E-state index in [1.165, 1.54) is 48.6 Å². The highest BCUT2D eigenvalue weighted by Crippen LogP contribution is 2.53. The molecule has 0 saturated carbocycles. The van der Waals surface area contributed by atoms with Crippen LogP contribution >= 0.6 is 0 Å². The highest BCUT2D eigenvalue weighted by Gasteiger charge is 2.75. The van der Waals surface area contributed by atoms with Gasteiger partial charge in [-0.15, -0.1) is 0 Å². The number of sulfonamides is 1. The number of halogens is 7. The predicted molar refractivity (Wildman–Crippen MR) is 123 cm³/mol. The Morgan fingerprint density at radius 3 is 1.87 bits per heavy atom. The van der Waals surface area contributed by atoms with Crippen molar-refractivity contribution in [3.63, 3.8) is 0 Å². The first-order valence-corrected chi connectivity index (χ1v) is 12.2. The van der Waals surface area contributed by atoms with Gasteiger partial charge in [0.25, 0.3) is 10.0 Å². The molecule has 0 radical (unpaired) electrons. The van der Waals surface area contributed by atoms with Crippen LogP contribution in [0.4, 0.5) is 46.9 Å². The van der Waals surface area contributed by atoms with Gasteiger partial charge in [-0.1, -0.05) is 42.5 Å². The SMILES string of the molecule is CCN(c1ccc(C(OC(=O)Nc2ccccc2F)(C(F)(F)F)C(F)(F)F)cc1)S(=O)(=O)c1ccccc1. The van der Waals surface area contributed by atoms with Crippen LogP contribution in [0.25, 0.3) is 0 Å². The number of ether oxygens (including phenoxy) is 1. The molecule has 0 unspecified atom stereocenters. The molecule has 0 spiro atoms. The van der Waals surface area contributed by atoms with E-state index in [9.17, 15) is 43.9 Å². The van der Waals surface area contributed by atoms with Gasteiger partial charge >= 0.3 is 24.0 Å². The number of amides is 1. The van der Waals surface area contributed by atoms with Crippen molar-refractivity contribution in [2.75, 3.05) is 16.2 Å². The minimum atomic E-state index is -6.22. The summed E-state index contributed by atoms with van der Waals surface area (Å²) < 4.78 is 129. The molecule has 38 heavy (non-hydrogen) atoms. The molecule has 0 fully saturated rings. The van der Waals surface area contributed by atoms with Crippen molar-refractivity contribution in [3.8, 4) is 0 Å². The number of carbonyl (C=O) groups is 1. The van der Waals surface area contributed by atoms with E-state index in [1.807, 2.05) is 0 Å². The molecule has 0 saturated heterocycles. The Kier molecular flexibility index (Phi) is 7.96. The Balaban J connectivity index is 2.05. The van der Waals surface area contributed by atoms with Crippen LogP contribution in [0.2, 0.25) is 0 Å². The third-order valence-corrected chi connectivity index (χ3v) is 7.25. The van der Waals surface area contributed by atoms with E-state index in [-0.39, 0.29) is 17.1 Å². The van der Waals surface area contributed by atoms with Crippen LogP contribution < -0.4 is 9.62 Å². The third-order valence-electron chi connectivity index (χ3n) is 5.34. The summed E-state index contributed by atoms with van der Waals surface area (Å²) in [4.78, 5) is 12.0. The average molecular weight is 564 g/mol. The summed E-state index contributed by atoms with van der Waals surface area (Å²) in [5.74, 6) is -1.13. The Hall–Kier alpha value is -3.81. The number of hydrogen-bond acceptors (Lipinski definition) is 4. The standard InChI is InChI=1S/C24H19F7N2O4S/c1-2-33(38(35,36)18-8-4-3-5-9-18)17-14-12-16(13-15-17)22(23(26,27)28,24(29,30)31)37-21(34)32-20-11-7-6-10-19(20)25/h3-15H,2H2,1H3,(H,32,34). The number of nitrogens with one attached hydrogen (secondary N) is 1. The molecule has 0 aliphatic carbocycles. The van der Waals surface area contributed by atoms with Gasteiger partial charge in [-0.2, -0.15) is 26.3 Å². The molecular formula is C24H19F7N2O4S. The summed E-state index contributed by atoms with van der Waals surface area (Å²) >= 11 is 0. The molecule has 3 rings (SSSR count). The fourth-order valence-electron chi connectivity index (χ4n) is 3.57. The molecule has 1 amide bonds. The van der Waals surface area contributed by atoms with Crippen LogP contribution in [-0.2, 0) is 20.4 Å². The van der Waals surface area contributed by atoms with Crippen LogP contribution in [0.3, 0.4) is 0 Å². The van der Waals surface area contributed by atoms with Gasteiger partial charge in [0.2, 0.25) is 0 Å². The number of hydrogen-bond donors (Lipinski definition) is 1. The maximum atomic E-state index is 14.1. The number of anilines is 2. The molecule has 3 aromatic carbocycles. The van der Waals surface area contributed by atoms with E-state index >= 15 is 0 Å². The van der Waals surface area contributed by atoms with E-state index in [2.05, 4.69) is 4.74 Å². The van der Waals surface area contributed by atoms with E-state index in [0.29, 0.717) is 12.1 Å². The molecule has 204 valence electrons. The molecule has 0 aromatic heterocycles. The average Bonchev–Trinajstić information content (AvgIpc) is 2.84. The number of para-hydroxylation sites is 1. The molecule has 0 aliphatic rings. The third kappa shape index (κ3) is 5.39. The summed E-state index contributed by atoms with van der Waals surface area (Å²) in [5, 5.41) is 1.53. The molecule has 6 nitrogen and oxygen atoms in total. The first kappa shape index (κ1) is 28.8. The van der Waals surface area contributed by atoms with Gasteiger partial charge in [-0.3, -0.25) is 9.62 Å². The summed E-state index contributed by atoms with van der Waals surface area (Å²) in [5.41, 5.74) is -7.67. The van der Waals surface area contributed by atoms with Crippen molar-refractivity contribution in [1.82, 2.24) is 0 Å². The zero-order valence-corrected chi connectivity index (χ0v) is 20.2. The number of benzene rings is 3. The maximum Gasteiger partial charge on any atom is 0.442 e. The first-order chi connectivity index (χ1) is 17.6. The first-order valence-electron chi connectivity index (χ1n) is 10.7. The Morgan fingerprint density at radius 1 is 0.842 bits per heavy atom. The highest BCUT2D eigenvalue weighted by atomic mass is 32.2. The monoisotopic (exact) mass is 564 g/mol. The molecule has 1 N–H and O–H groups in total. The second-order valence-electron chi connectivity index (χ2n) is 7.70. The van der Waals surface area contributed by atoms with E-state index in [0.717, 1.165) is 28.6 Å². The zero-order valence-electron chi connectivity index (χ0n) is 19.3. The Morgan fingerprint density at radius 2 is 1.37 bits per heavy atom. The summed E-state index contributed by atoms with van der Waals surface area (Å²) in [6.07, 6.45) is -14.7. The normalized spacial score (nSPS) is 12.6. The predicted octanol–water partition coefficient (Wildman–Crippen LogP) is 6.61. The van der Waals surface area contributed by atoms with Crippen molar-refractivity contribution in [2.45, 2.75) is 29.8 Å². The van der Waals surface area contributed by atoms with Crippen molar-refractivity contribution in [2.24, 2.45) is 0 Å². The molecule has 14 heteroatoms. The van der Waals surface area contributed by atoms with Crippen LogP contribution in [0.1, 0.15) is 12.5 Å². The maximum absolute atomic E-state index is 14.1. The topological polar surface area (TPSA) is 75.7 Å². The lowest BCUT2D eigenvalue weighted by molar-refractivity contribution is -0.372. The summed E-state index contributed by atoms with van der Waals surface area (Å²) in [7, 11) is -4.21. The quantitative estimate of drug-likeness (QED) is 0.328. The van der Waals surface area contributed by atoms with E-state index in [1.54, 1.807) is 6.07 Å².